The van der Waals surface area contributed by atoms with Crippen LogP contribution < -0.4 is 21.2 Å². The third-order valence-electron chi connectivity index (χ3n) is 7.02. The van der Waals surface area contributed by atoms with E-state index in [1.54, 1.807) is 0 Å². The summed E-state index contributed by atoms with van der Waals surface area (Å²) in [7, 11) is 2.60. The van der Waals surface area contributed by atoms with Crippen molar-refractivity contribution in [1.29, 1.82) is 0 Å². The van der Waals surface area contributed by atoms with E-state index < -0.39 is 15.1 Å². The maximum atomic E-state index is 4.26. The fourth-order valence-corrected chi connectivity index (χ4v) is 10.1. The monoisotopic (exact) mass is 684 g/mol. The third kappa shape index (κ3) is 10.8. The molecule has 0 unspecified atom stereocenters. The van der Waals surface area contributed by atoms with Gasteiger partial charge in [0.1, 0.15) is 0 Å². The second-order valence-corrected chi connectivity index (χ2v) is 15.1. The fraction of sp³-hybridized carbons (Fsp3) is 0.0244. The Morgan fingerprint density at radius 2 is 0.711 bits per heavy atom. The second kappa shape index (κ2) is 19.8. The first-order chi connectivity index (χ1) is 22.3. The predicted octanol–water partition coefficient (Wildman–Crippen LogP) is 8.78. The van der Waals surface area contributed by atoms with E-state index in [2.05, 4.69) is 201 Å². The molecule has 229 valence electrons. The van der Waals surface area contributed by atoms with E-state index in [-0.39, 0.29) is 0 Å². The summed E-state index contributed by atoms with van der Waals surface area (Å²) in [5, 5.41) is 8.69. The zero-order valence-corrected chi connectivity index (χ0v) is 28.9. The molecule has 45 heavy (non-hydrogen) atoms. The molecular weight excluding hydrogens is 649 g/mol. The molecule has 2 aliphatic rings. The normalized spacial score (nSPS) is 12.3. The predicted molar refractivity (Wildman–Crippen MR) is 203 cm³/mol. The summed E-state index contributed by atoms with van der Waals surface area (Å²) in [6.07, 6.45) is 17.5. The average molecular weight is 686 g/mol. The van der Waals surface area contributed by atoms with Crippen LogP contribution in [0.1, 0.15) is 5.56 Å². The van der Waals surface area contributed by atoms with Gasteiger partial charge >= 0.3 is 24.8 Å². The number of rotatable bonds is 4. The van der Waals surface area contributed by atoms with Crippen molar-refractivity contribution in [3.8, 4) is 0 Å². The van der Waals surface area contributed by atoms with Crippen LogP contribution in [0.5, 0.6) is 0 Å². The van der Waals surface area contributed by atoms with Crippen LogP contribution in [-0.4, -0.2) is 10.6 Å². The van der Waals surface area contributed by atoms with Crippen LogP contribution in [-0.2, 0) is 14.6 Å². The Bertz CT molecular complexity index is 1550. The third-order valence-corrected chi connectivity index (χ3v) is 12.5. The van der Waals surface area contributed by atoms with Gasteiger partial charge in [-0.3, -0.25) is 0 Å². The average Bonchev–Trinajstić information content (AvgIpc) is 3.85. The van der Waals surface area contributed by atoms with Gasteiger partial charge in [0.05, 0.1) is 0 Å². The molecule has 0 spiro atoms. The van der Waals surface area contributed by atoms with Crippen molar-refractivity contribution < 1.29 is 14.6 Å². The molecule has 0 saturated heterocycles. The molecular formula is C41H37ClNiP2-. The van der Waals surface area contributed by atoms with Crippen LogP contribution in [0.2, 0.25) is 0 Å². The number of benzene rings is 5. The Morgan fingerprint density at radius 3 is 0.933 bits per heavy atom. The van der Waals surface area contributed by atoms with Gasteiger partial charge in [0.15, 0.2) is 0 Å². The Balaban J connectivity index is 0.000000162. The van der Waals surface area contributed by atoms with E-state index >= 15 is 0 Å². The molecule has 0 N–H and O–H groups in total. The van der Waals surface area contributed by atoms with Crippen molar-refractivity contribution in [3.63, 3.8) is 0 Å². The topological polar surface area (TPSA) is 0 Å². The molecule has 4 heteroatoms. The van der Waals surface area contributed by atoms with Gasteiger partial charge in [-0.05, 0) is 31.8 Å². The van der Waals surface area contributed by atoms with E-state index in [9.17, 15) is 0 Å². The summed E-state index contributed by atoms with van der Waals surface area (Å²) in [6.45, 7) is 2.03. The summed E-state index contributed by atoms with van der Waals surface area (Å²) in [5.41, 5.74) is 1.20. The van der Waals surface area contributed by atoms with Crippen LogP contribution in [0.3, 0.4) is 0 Å². The first-order valence-corrected chi connectivity index (χ1v) is 19.1. The van der Waals surface area contributed by atoms with Crippen LogP contribution >= 0.6 is 25.3 Å². The zero-order chi connectivity index (χ0) is 31.5. The number of allylic oxidation sites excluding steroid dienone is 8. The molecule has 0 aromatic heterocycles. The minimum absolute atomic E-state index is 0.834. The van der Waals surface area contributed by atoms with Crippen molar-refractivity contribution in [2.45, 2.75) is 6.92 Å². The molecule has 5 aromatic rings. The Kier molecular flexibility index (Phi) is 15.1. The van der Waals surface area contributed by atoms with Gasteiger partial charge in [-0.15, -0.1) is 0 Å². The van der Waals surface area contributed by atoms with Gasteiger partial charge in [0.25, 0.3) is 0 Å². The second-order valence-electron chi connectivity index (χ2n) is 10.1. The van der Waals surface area contributed by atoms with Crippen molar-refractivity contribution in [2.24, 2.45) is 0 Å². The molecule has 0 atom stereocenters. The Labute approximate surface area is 282 Å². The SMILES string of the molecule is C1=CC(=[PH](c2ccccc2)c2ccccc2)C=C1.C1=CC(=[PH](c2ccccc2)c2ccccc2)C=C1.Cc1[c-]cccc1.[Cl][Ni]. The van der Waals surface area contributed by atoms with Gasteiger partial charge in [-0.2, -0.15) is 35.9 Å². The number of aryl methyl sites for hydroxylation is 1. The molecule has 0 aliphatic heterocycles. The maximum absolute atomic E-state index is 4.26. The summed E-state index contributed by atoms with van der Waals surface area (Å²) >= 11 is 3.35. The summed E-state index contributed by atoms with van der Waals surface area (Å²) in [6, 6.07) is 54.3. The quantitative estimate of drug-likeness (QED) is 0.101. The van der Waals surface area contributed by atoms with Crippen molar-refractivity contribution in [2.75, 3.05) is 0 Å². The van der Waals surface area contributed by atoms with Gasteiger partial charge in [-0.25, -0.2) is 0 Å². The van der Waals surface area contributed by atoms with E-state index in [0.29, 0.717) is 0 Å². The van der Waals surface area contributed by atoms with E-state index in [4.69, 9.17) is 0 Å². The molecule has 7 rings (SSSR count). The van der Waals surface area contributed by atoms with Crippen LogP contribution in [0.4, 0.5) is 0 Å². The summed E-state index contributed by atoms with van der Waals surface area (Å²) < 4.78 is 0. The summed E-state index contributed by atoms with van der Waals surface area (Å²) in [5.74, 6) is 0. The molecule has 2 aliphatic carbocycles. The molecule has 5 aromatic carbocycles. The molecule has 0 radical (unpaired) electrons. The van der Waals surface area contributed by atoms with Gasteiger partial charge in [0.2, 0.25) is 0 Å². The van der Waals surface area contributed by atoms with Gasteiger partial charge < -0.3 is 0 Å². The van der Waals surface area contributed by atoms with E-state index in [1.807, 2.05) is 31.2 Å². The van der Waals surface area contributed by atoms with Gasteiger partial charge in [-0.1, -0.05) is 192 Å². The standard InChI is InChI=1S/2C17H15P.C7H7.ClH.Ni/c2*1-3-9-15(10-4-1)18(17-13-7-8-14-17)16-11-5-2-6-12-16;1-7-5-3-2-4-6-7;;/h2*1-14,18H;2-5H,1H3;1H;/q;;-1;;+1/p-1. The molecule has 0 bridgehead atoms. The van der Waals surface area contributed by atoms with Crippen LogP contribution in [0, 0.1) is 13.0 Å². The van der Waals surface area contributed by atoms with Crippen molar-refractivity contribution in [3.05, 3.63) is 206 Å². The first-order valence-electron chi connectivity index (χ1n) is 14.7. The molecule has 0 nitrogen and oxygen atoms in total. The first kappa shape index (κ1) is 34.3. The van der Waals surface area contributed by atoms with Crippen LogP contribution in [0.15, 0.2) is 194 Å². The van der Waals surface area contributed by atoms with Crippen LogP contribution in [0.25, 0.3) is 0 Å². The molecule has 0 amide bonds. The van der Waals surface area contributed by atoms with Crippen molar-refractivity contribution in [1.82, 2.24) is 0 Å². The van der Waals surface area contributed by atoms with Crippen molar-refractivity contribution >= 4 is 57.1 Å². The minimum atomic E-state index is -0.834. The van der Waals surface area contributed by atoms with E-state index in [0.717, 1.165) is 0 Å². The zero-order valence-electron chi connectivity index (χ0n) is 25.2. The number of halogens is 1. The van der Waals surface area contributed by atoms with Gasteiger partial charge in [0, 0.05) is 0 Å². The summed E-state index contributed by atoms with van der Waals surface area (Å²) in [4.78, 5) is 0. The fourth-order valence-electron chi connectivity index (χ4n) is 4.98. The Hall–Kier alpha value is -3.56. The van der Waals surface area contributed by atoms with E-state index in [1.165, 1.54) is 37.4 Å². The number of hydrogen-bond acceptors (Lipinski definition) is 0. The molecule has 0 saturated carbocycles. The number of hydrogen-bond donors (Lipinski definition) is 0. The Morgan fingerprint density at radius 1 is 0.422 bits per heavy atom. The molecule has 0 fully saturated rings. The molecule has 0 heterocycles.